The number of aliphatic hydroxyl groups excluding tert-OH is 1. The minimum absolute atomic E-state index is 0.0199. The number of anilines is 1. The van der Waals surface area contributed by atoms with Gasteiger partial charge in [0.2, 0.25) is 0 Å². The van der Waals surface area contributed by atoms with Crippen LogP contribution in [0, 0.1) is 0 Å². The fourth-order valence-electron chi connectivity index (χ4n) is 1.93. The second-order valence-electron chi connectivity index (χ2n) is 3.97. The van der Waals surface area contributed by atoms with E-state index in [-0.39, 0.29) is 22.5 Å². The lowest BCUT2D eigenvalue weighted by atomic mass is 9.92. The molecule has 2 rings (SSSR count). The molecule has 0 spiro atoms. The van der Waals surface area contributed by atoms with E-state index < -0.39 is 0 Å². The Bertz CT molecular complexity index is 375. The lowest BCUT2D eigenvalue weighted by Gasteiger charge is -2.29. The van der Waals surface area contributed by atoms with Crippen molar-refractivity contribution in [3.05, 3.63) is 16.4 Å². The zero-order chi connectivity index (χ0) is 11.5. The lowest BCUT2D eigenvalue weighted by Crippen LogP contribution is -2.36. The van der Waals surface area contributed by atoms with E-state index in [9.17, 15) is 5.11 Å². The van der Waals surface area contributed by atoms with E-state index in [1.165, 1.54) is 0 Å². The maximum absolute atomic E-state index is 9.82. The van der Waals surface area contributed by atoms with Crippen LogP contribution in [0.25, 0.3) is 0 Å². The highest BCUT2D eigenvalue weighted by Crippen LogP contribution is 2.26. The van der Waals surface area contributed by atoms with E-state index in [0.717, 1.165) is 25.7 Å². The van der Waals surface area contributed by atoms with Crippen LogP contribution in [0.2, 0.25) is 10.3 Å². The van der Waals surface area contributed by atoms with Gasteiger partial charge in [-0.1, -0.05) is 36.0 Å². The fraction of sp³-hybridized carbons (Fsp3) is 0.600. The molecule has 1 fully saturated rings. The molecule has 16 heavy (non-hydrogen) atoms. The first kappa shape index (κ1) is 11.9. The highest BCUT2D eigenvalue weighted by molar-refractivity contribution is 6.33. The molecule has 1 aromatic rings. The summed E-state index contributed by atoms with van der Waals surface area (Å²) in [5.41, 5.74) is 0.632. The third-order valence-corrected chi connectivity index (χ3v) is 3.25. The van der Waals surface area contributed by atoms with Gasteiger partial charge in [-0.25, -0.2) is 0 Å². The van der Waals surface area contributed by atoms with Crippen LogP contribution >= 0.6 is 23.2 Å². The number of hydrogen-bond donors (Lipinski definition) is 2. The Labute approximate surface area is 104 Å². The summed E-state index contributed by atoms with van der Waals surface area (Å²) in [4.78, 5) is 0. The summed E-state index contributed by atoms with van der Waals surface area (Å²) in [7, 11) is 0. The number of halogens is 2. The van der Waals surface area contributed by atoms with Crippen molar-refractivity contribution < 1.29 is 5.11 Å². The molecule has 0 aliphatic heterocycles. The largest absolute Gasteiger partial charge is 0.391 e. The van der Waals surface area contributed by atoms with Crippen LogP contribution in [0.15, 0.2) is 6.07 Å². The average molecular weight is 262 g/mol. The number of hydrogen-bond acceptors (Lipinski definition) is 4. The molecule has 4 nitrogen and oxygen atoms in total. The third kappa shape index (κ3) is 2.75. The predicted octanol–water partition coefficient (Wildman–Crippen LogP) is 2.50. The van der Waals surface area contributed by atoms with Gasteiger partial charge in [-0.2, -0.15) is 0 Å². The Morgan fingerprint density at radius 2 is 2.00 bits per heavy atom. The first-order chi connectivity index (χ1) is 7.66. The second kappa shape index (κ2) is 5.17. The van der Waals surface area contributed by atoms with Gasteiger partial charge in [0.05, 0.1) is 17.8 Å². The van der Waals surface area contributed by atoms with Gasteiger partial charge in [0.1, 0.15) is 0 Å². The molecule has 88 valence electrons. The van der Waals surface area contributed by atoms with Crippen LogP contribution in [0.3, 0.4) is 0 Å². The zero-order valence-electron chi connectivity index (χ0n) is 8.66. The molecule has 0 bridgehead atoms. The summed E-state index contributed by atoms with van der Waals surface area (Å²) in [6.45, 7) is 0. The Balaban J connectivity index is 2.10. The SMILES string of the molecule is OC1CCCCC1Nc1cc(Cl)nnc1Cl. The smallest absolute Gasteiger partial charge is 0.174 e. The van der Waals surface area contributed by atoms with Gasteiger partial charge in [-0.15, -0.1) is 10.2 Å². The molecule has 2 N–H and O–H groups in total. The number of aromatic nitrogens is 2. The van der Waals surface area contributed by atoms with E-state index in [2.05, 4.69) is 15.5 Å². The molecule has 1 aliphatic rings. The van der Waals surface area contributed by atoms with Crippen LogP contribution in [0.4, 0.5) is 5.69 Å². The van der Waals surface area contributed by atoms with E-state index in [1.807, 2.05) is 0 Å². The average Bonchev–Trinajstić information content (AvgIpc) is 2.27. The van der Waals surface area contributed by atoms with Gasteiger partial charge < -0.3 is 10.4 Å². The molecule has 1 heterocycles. The van der Waals surface area contributed by atoms with Crippen molar-refractivity contribution in [2.24, 2.45) is 0 Å². The van der Waals surface area contributed by atoms with Crippen molar-refractivity contribution in [1.29, 1.82) is 0 Å². The van der Waals surface area contributed by atoms with Crippen molar-refractivity contribution >= 4 is 28.9 Å². The predicted molar refractivity (Wildman–Crippen MR) is 63.9 cm³/mol. The minimum atomic E-state index is -0.336. The maximum atomic E-state index is 9.82. The Morgan fingerprint density at radius 3 is 2.75 bits per heavy atom. The Hall–Kier alpha value is -0.580. The standard InChI is InChI=1S/C10H13Cl2N3O/c11-9-5-7(10(12)15-14-9)13-6-3-1-2-4-8(6)16/h5-6,8,16H,1-4H2,(H,13,14). The maximum Gasteiger partial charge on any atom is 0.174 e. The van der Waals surface area contributed by atoms with Crippen molar-refractivity contribution in [3.63, 3.8) is 0 Å². The molecular weight excluding hydrogens is 249 g/mol. The Kier molecular flexibility index (Phi) is 3.84. The quantitative estimate of drug-likeness (QED) is 0.859. The third-order valence-electron chi connectivity index (χ3n) is 2.79. The second-order valence-corrected chi connectivity index (χ2v) is 4.72. The zero-order valence-corrected chi connectivity index (χ0v) is 10.2. The molecule has 0 radical (unpaired) electrons. The molecule has 2 unspecified atom stereocenters. The number of nitrogens with one attached hydrogen (secondary N) is 1. The van der Waals surface area contributed by atoms with Gasteiger partial charge >= 0.3 is 0 Å². The number of aliphatic hydroxyl groups is 1. The van der Waals surface area contributed by atoms with E-state index >= 15 is 0 Å². The van der Waals surface area contributed by atoms with E-state index in [1.54, 1.807) is 6.07 Å². The van der Waals surface area contributed by atoms with Crippen molar-refractivity contribution in [2.45, 2.75) is 37.8 Å². The van der Waals surface area contributed by atoms with Gasteiger partial charge in [-0.3, -0.25) is 0 Å². The van der Waals surface area contributed by atoms with E-state index in [0.29, 0.717) is 5.69 Å². The molecule has 1 aromatic heterocycles. The number of nitrogens with zero attached hydrogens (tertiary/aromatic N) is 2. The van der Waals surface area contributed by atoms with Gasteiger partial charge in [0.25, 0.3) is 0 Å². The Morgan fingerprint density at radius 1 is 1.25 bits per heavy atom. The van der Waals surface area contributed by atoms with Gasteiger partial charge in [0.15, 0.2) is 10.3 Å². The summed E-state index contributed by atoms with van der Waals surface area (Å²) >= 11 is 11.6. The van der Waals surface area contributed by atoms with Crippen LogP contribution in [-0.2, 0) is 0 Å². The topological polar surface area (TPSA) is 58.0 Å². The molecular formula is C10H13Cl2N3O. The normalized spacial score (nSPS) is 25.4. The molecule has 1 saturated carbocycles. The highest BCUT2D eigenvalue weighted by atomic mass is 35.5. The lowest BCUT2D eigenvalue weighted by molar-refractivity contribution is 0.116. The van der Waals surface area contributed by atoms with Crippen LogP contribution in [0.1, 0.15) is 25.7 Å². The van der Waals surface area contributed by atoms with Crippen molar-refractivity contribution in [3.8, 4) is 0 Å². The summed E-state index contributed by atoms with van der Waals surface area (Å²) in [6, 6.07) is 1.64. The van der Waals surface area contributed by atoms with Crippen LogP contribution < -0.4 is 5.32 Å². The van der Waals surface area contributed by atoms with Crippen LogP contribution in [0.5, 0.6) is 0 Å². The van der Waals surface area contributed by atoms with Crippen LogP contribution in [-0.4, -0.2) is 27.4 Å². The monoisotopic (exact) mass is 261 g/mol. The molecule has 0 amide bonds. The summed E-state index contributed by atoms with van der Waals surface area (Å²) in [5.74, 6) is 0. The summed E-state index contributed by atoms with van der Waals surface area (Å²) in [6.07, 6.45) is 3.59. The summed E-state index contributed by atoms with van der Waals surface area (Å²) < 4.78 is 0. The highest BCUT2D eigenvalue weighted by Gasteiger charge is 2.23. The first-order valence-corrected chi connectivity index (χ1v) is 6.06. The van der Waals surface area contributed by atoms with Crippen molar-refractivity contribution in [1.82, 2.24) is 10.2 Å². The first-order valence-electron chi connectivity index (χ1n) is 5.30. The molecule has 0 saturated heterocycles. The van der Waals surface area contributed by atoms with Gasteiger partial charge in [0, 0.05) is 6.07 Å². The molecule has 1 aliphatic carbocycles. The number of rotatable bonds is 2. The van der Waals surface area contributed by atoms with Gasteiger partial charge in [-0.05, 0) is 12.8 Å². The molecule has 2 atom stereocenters. The fourth-order valence-corrected chi connectivity index (χ4v) is 2.23. The molecule has 6 heteroatoms. The molecule has 0 aromatic carbocycles. The minimum Gasteiger partial charge on any atom is -0.391 e. The summed E-state index contributed by atoms with van der Waals surface area (Å²) in [5, 5.41) is 20.9. The van der Waals surface area contributed by atoms with Crippen molar-refractivity contribution in [2.75, 3.05) is 5.32 Å². The van der Waals surface area contributed by atoms with E-state index in [4.69, 9.17) is 23.2 Å².